The lowest BCUT2D eigenvalue weighted by Crippen LogP contribution is -2.03. The summed E-state index contributed by atoms with van der Waals surface area (Å²) in [5, 5.41) is 0.682. The van der Waals surface area contributed by atoms with Gasteiger partial charge in [-0.3, -0.25) is 0 Å². The van der Waals surface area contributed by atoms with Crippen LogP contribution in [0.1, 0.15) is 17.0 Å². The molecule has 0 saturated heterocycles. The molecule has 0 unspecified atom stereocenters. The number of benzene rings is 1. The third-order valence-corrected chi connectivity index (χ3v) is 4.09. The molecular weight excluding hydrogens is 312 g/mol. The SMILES string of the molecule is Cc1nc(Sc2cc(Br)ccc2CCN)oc1C. The van der Waals surface area contributed by atoms with Gasteiger partial charge in [0.1, 0.15) is 5.76 Å². The third-order valence-electron chi connectivity index (χ3n) is 2.65. The summed E-state index contributed by atoms with van der Waals surface area (Å²) in [5.41, 5.74) is 7.79. The summed E-state index contributed by atoms with van der Waals surface area (Å²) < 4.78 is 6.64. The Bertz CT molecular complexity index is 534. The van der Waals surface area contributed by atoms with Crippen LogP contribution in [0.3, 0.4) is 0 Å². The zero-order valence-electron chi connectivity index (χ0n) is 10.4. The zero-order chi connectivity index (χ0) is 13.1. The summed E-state index contributed by atoms with van der Waals surface area (Å²) in [6.07, 6.45) is 0.855. The van der Waals surface area contributed by atoms with Crippen molar-refractivity contribution < 1.29 is 4.42 Å². The molecule has 18 heavy (non-hydrogen) atoms. The second kappa shape index (κ2) is 5.91. The fourth-order valence-corrected chi connectivity index (χ4v) is 3.10. The van der Waals surface area contributed by atoms with Crippen molar-refractivity contribution in [2.75, 3.05) is 6.54 Å². The van der Waals surface area contributed by atoms with E-state index in [-0.39, 0.29) is 0 Å². The molecule has 96 valence electrons. The van der Waals surface area contributed by atoms with Gasteiger partial charge in [0.25, 0.3) is 5.22 Å². The van der Waals surface area contributed by atoms with Gasteiger partial charge in [0, 0.05) is 9.37 Å². The number of rotatable bonds is 4. The second-order valence-corrected chi connectivity index (χ2v) is 5.92. The molecule has 0 radical (unpaired) electrons. The van der Waals surface area contributed by atoms with E-state index in [1.807, 2.05) is 19.9 Å². The monoisotopic (exact) mass is 326 g/mol. The molecule has 0 bridgehead atoms. The number of halogens is 1. The fraction of sp³-hybridized carbons (Fsp3) is 0.308. The Labute approximate surface area is 119 Å². The van der Waals surface area contributed by atoms with E-state index in [2.05, 4.69) is 33.0 Å². The van der Waals surface area contributed by atoms with Crippen molar-refractivity contribution in [1.29, 1.82) is 0 Å². The predicted octanol–water partition coefficient (Wildman–Crippen LogP) is 3.71. The van der Waals surface area contributed by atoms with E-state index in [0.717, 1.165) is 27.2 Å². The van der Waals surface area contributed by atoms with Gasteiger partial charge < -0.3 is 10.2 Å². The molecule has 0 fully saturated rings. The first-order valence-corrected chi connectivity index (χ1v) is 7.31. The highest BCUT2D eigenvalue weighted by Crippen LogP contribution is 2.33. The maximum absolute atomic E-state index is 5.63. The molecule has 2 aromatic rings. The smallest absolute Gasteiger partial charge is 0.261 e. The number of hydrogen-bond donors (Lipinski definition) is 1. The van der Waals surface area contributed by atoms with Gasteiger partial charge in [-0.2, -0.15) is 0 Å². The molecule has 2 N–H and O–H groups in total. The van der Waals surface area contributed by atoms with Crippen molar-refractivity contribution >= 4 is 27.7 Å². The van der Waals surface area contributed by atoms with E-state index >= 15 is 0 Å². The van der Waals surface area contributed by atoms with Gasteiger partial charge in [-0.15, -0.1) is 0 Å². The van der Waals surface area contributed by atoms with Crippen molar-refractivity contribution in [2.24, 2.45) is 5.73 Å². The van der Waals surface area contributed by atoms with Crippen LogP contribution in [0.15, 0.2) is 37.2 Å². The van der Waals surface area contributed by atoms with Gasteiger partial charge >= 0.3 is 0 Å². The van der Waals surface area contributed by atoms with Crippen LogP contribution in [0, 0.1) is 13.8 Å². The quantitative estimate of drug-likeness (QED) is 0.930. The largest absolute Gasteiger partial charge is 0.436 e. The lowest BCUT2D eigenvalue weighted by atomic mass is 10.1. The van der Waals surface area contributed by atoms with E-state index in [1.165, 1.54) is 17.3 Å². The number of nitrogens with zero attached hydrogens (tertiary/aromatic N) is 1. The van der Waals surface area contributed by atoms with E-state index in [9.17, 15) is 0 Å². The summed E-state index contributed by atoms with van der Waals surface area (Å²) in [7, 11) is 0. The van der Waals surface area contributed by atoms with Crippen LogP contribution in [0.4, 0.5) is 0 Å². The topological polar surface area (TPSA) is 52.0 Å². The molecule has 0 aliphatic heterocycles. The minimum Gasteiger partial charge on any atom is -0.436 e. The average Bonchev–Trinajstić information content (AvgIpc) is 2.62. The van der Waals surface area contributed by atoms with E-state index in [4.69, 9.17) is 10.2 Å². The molecule has 1 aromatic carbocycles. The molecule has 0 aliphatic rings. The van der Waals surface area contributed by atoms with Crippen LogP contribution >= 0.6 is 27.7 Å². The standard InChI is InChI=1S/C13H15BrN2OS/c1-8-9(2)17-13(16-8)18-12-7-11(14)4-3-10(12)5-6-15/h3-4,7H,5-6,15H2,1-2H3. The highest BCUT2D eigenvalue weighted by molar-refractivity contribution is 9.10. The number of aromatic nitrogens is 1. The Kier molecular flexibility index (Phi) is 4.48. The van der Waals surface area contributed by atoms with Crippen molar-refractivity contribution in [3.63, 3.8) is 0 Å². The Morgan fingerprint density at radius 2 is 2.17 bits per heavy atom. The molecule has 1 heterocycles. The highest BCUT2D eigenvalue weighted by atomic mass is 79.9. The maximum Gasteiger partial charge on any atom is 0.261 e. The first-order valence-electron chi connectivity index (χ1n) is 5.70. The summed E-state index contributed by atoms with van der Waals surface area (Å²) in [6, 6.07) is 6.19. The Morgan fingerprint density at radius 3 is 2.78 bits per heavy atom. The Morgan fingerprint density at radius 1 is 1.39 bits per heavy atom. The van der Waals surface area contributed by atoms with Crippen LogP contribution in [0.5, 0.6) is 0 Å². The summed E-state index contributed by atoms with van der Waals surface area (Å²) in [5.74, 6) is 0.868. The van der Waals surface area contributed by atoms with Gasteiger partial charge in [0.05, 0.1) is 5.69 Å². The van der Waals surface area contributed by atoms with Crippen LogP contribution < -0.4 is 5.73 Å². The van der Waals surface area contributed by atoms with Crippen molar-refractivity contribution in [3.8, 4) is 0 Å². The first-order chi connectivity index (χ1) is 8.60. The first kappa shape index (κ1) is 13.6. The van der Waals surface area contributed by atoms with Gasteiger partial charge in [0.2, 0.25) is 0 Å². The molecule has 2 rings (SSSR count). The fourth-order valence-electron chi connectivity index (χ4n) is 1.57. The van der Waals surface area contributed by atoms with Crippen molar-refractivity contribution in [1.82, 2.24) is 4.98 Å². The van der Waals surface area contributed by atoms with E-state index in [1.54, 1.807) is 0 Å². The number of oxazole rings is 1. The number of aryl methyl sites for hydroxylation is 2. The number of hydrogen-bond acceptors (Lipinski definition) is 4. The molecule has 0 spiro atoms. The average molecular weight is 327 g/mol. The summed E-state index contributed by atoms with van der Waals surface area (Å²) in [6.45, 7) is 4.51. The molecule has 0 atom stereocenters. The Hall–Kier alpha value is -0.780. The van der Waals surface area contributed by atoms with E-state index < -0.39 is 0 Å². The molecule has 3 nitrogen and oxygen atoms in total. The van der Waals surface area contributed by atoms with E-state index in [0.29, 0.717) is 11.8 Å². The minimum absolute atomic E-state index is 0.638. The third kappa shape index (κ3) is 3.16. The van der Waals surface area contributed by atoms with Crippen molar-refractivity contribution in [2.45, 2.75) is 30.4 Å². The van der Waals surface area contributed by atoms with Gasteiger partial charge in [0.15, 0.2) is 0 Å². The molecule has 5 heteroatoms. The molecular formula is C13H15BrN2OS. The zero-order valence-corrected chi connectivity index (χ0v) is 12.8. The van der Waals surface area contributed by atoms with Crippen LogP contribution in [0.2, 0.25) is 0 Å². The van der Waals surface area contributed by atoms with Crippen LogP contribution in [0.25, 0.3) is 0 Å². The molecule has 0 saturated carbocycles. The predicted molar refractivity (Wildman–Crippen MR) is 77.0 cm³/mol. The molecule has 0 amide bonds. The Balaban J connectivity index is 2.29. The molecule has 1 aromatic heterocycles. The minimum atomic E-state index is 0.638. The number of nitrogens with two attached hydrogens (primary N) is 1. The van der Waals surface area contributed by atoms with Gasteiger partial charge in [-0.1, -0.05) is 22.0 Å². The van der Waals surface area contributed by atoms with Gasteiger partial charge in [-0.25, -0.2) is 4.98 Å². The second-order valence-electron chi connectivity index (χ2n) is 4.01. The maximum atomic E-state index is 5.63. The normalized spacial score (nSPS) is 10.9. The summed E-state index contributed by atoms with van der Waals surface area (Å²) >= 11 is 5.02. The van der Waals surface area contributed by atoms with Crippen LogP contribution in [-0.4, -0.2) is 11.5 Å². The lowest BCUT2D eigenvalue weighted by Gasteiger charge is -2.06. The lowest BCUT2D eigenvalue weighted by molar-refractivity contribution is 0.431. The van der Waals surface area contributed by atoms with Crippen LogP contribution in [-0.2, 0) is 6.42 Å². The molecule has 0 aliphatic carbocycles. The summed E-state index contributed by atoms with van der Waals surface area (Å²) in [4.78, 5) is 5.52. The highest BCUT2D eigenvalue weighted by Gasteiger charge is 2.11. The van der Waals surface area contributed by atoms with Crippen molar-refractivity contribution in [3.05, 3.63) is 39.7 Å². The van der Waals surface area contributed by atoms with Gasteiger partial charge in [-0.05, 0) is 56.3 Å².